The fraction of sp³-hybridized carbons (Fsp3) is 0.316. The zero-order chi connectivity index (χ0) is 19.7. The van der Waals surface area contributed by atoms with Crippen LogP contribution in [0.1, 0.15) is 28.3 Å². The number of ether oxygens (including phenoxy) is 1. The summed E-state index contributed by atoms with van der Waals surface area (Å²) in [6.07, 6.45) is 6.13. The number of nitrogens with zero attached hydrogens (tertiary/aromatic N) is 4. The molecule has 2 aromatic heterocycles. The fourth-order valence-electron chi connectivity index (χ4n) is 3.53. The zero-order valence-electron chi connectivity index (χ0n) is 15.2. The molecule has 0 radical (unpaired) electrons. The lowest BCUT2D eigenvalue weighted by Gasteiger charge is -2.16. The van der Waals surface area contributed by atoms with Gasteiger partial charge in [-0.15, -0.1) is 0 Å². The van der Waals surface area contributed by atoms with Gasteiger partial charge >= 0.3 is 6.61 Å². The second-order valence-electron chi connectivity index (χ2n) is 6.75. The Morgan fingerprint density at radius 2 is 2.21 bits per heavy atom. The Bertz CT molecular complexity index is 984. The van der Waals surface area contributed by atoms with E-state index in [0.29, 0.717) is 29.9 Å². The lowest BCUT2D eigenvalue weighted by atomic mass is 10.0. The number of benzene rings is 1. The molecule has 0 aliphatic carbocycles. The number of hydrogen-bond acceptors (Lipinski definition) is 4. The zero-order valence-corrected chi connectivity index (χ0v) is 15.2. The summed E-state index contributed by atoms with van der Waals surface area (Å²) in [6, 6.07) is 6.20. The summed E-state index contributed by atoms with van der Waals surface area (Å²) in [5.41, 5.74) is 2.56. The average molecular weight is 387 g/mol. The van der Waals surface area contributed by atoms with Gasteiger partial charge < -0.3 is 9.64 Å². The first kappa shape index (κ1) is 18.1. The molecule has 1 N–H and O–H groups in total. The van der Waals surface area contributed by atoms with Gasteiger partial charge in [0, 0.05) is 37.8 Å². The minimum absolute atomic E-state index is 0.0262. The van der Waals surface area contributed by atoms with E-state index in [0.717, 1.165) is 12.0 Å². The van der Waals surface area contributed by atoms with E-state index in [-0.39, 0.29) is 17.6 Å². The predicted molar refractivity (Wildman–Crippen MR) is 97.1 cm³/mol. The molecule has 3 heterocycles. The van der Waals surface area contributed by atoms with Crippen LogP contribution in [0.2, 0.25) is 0 Å². The maximum absolute atomic E-state index is 13.0. The van der Waals surface area contributed by atoms with Crippen LogP contribution in [0.15, 0.2) is 42.9 Å². The highest BCUT2D eigenvalue weighted by Gasteiger charge is 2.30. The van der Waals surface area contributed by atoms with Crippen LogP contribution in [0, 0.1) is 0 Å². The van der Waals surface area contributed by atoms with Crippen LogP contribution in [0.25, 0.3) is 11.3 Å². The van der Waals surface area contributed by atoms with Gasteiger partial charge in [0.2, 0.25) is 0 Å². The predicted octanol–water partition coefficient (Wildman–Crippen LogP) is 3.04. The molecule has 9 heteroatoms. The van der Waals surface area contributed by atoms with Crippen molar-refractivity contribution in [3.63, 3.8) is 0 Å². The highest BCUT2D eigenvalue weighted by atomic mass is 19.3. The lowest BCUT2D eigenvalue weighted by molar-refractivity contribution is -0.0498. The van der Waals surface area contributed by atoms with E-state index in [1.54, 1.807) is 21.7 Å². The molecule has 146 valence electrons. The Balaban J connectivity index is 1.53. The Kier molecular flexibility index (Phi) is 4.81. The number of carbonyl (C=O) groups is 1. The summed E-state index contributed by atoms with van der Waals surface area (Å²) >= 11 is 0. The first-order valence-electron chi connectivity index (χ1n) is 8.87. The largest absolute Gasteiger partial charge is 0.435 e. The third-order valence-corrected chi connectivity index (χ3v) is 4.89. The maximum atomic E-state index is 13.0. The molecule has 1 unspecified atom stereocenters. The third kappa shape index (κ3) is 3.60. The van der Waals surface area contributed by atoms with E-state index in [4.69, 9.17) is 0 Å². The van der Waals surface area contributed by atoms with Crippen molar-refractivity contribution in [1.82, 2.24) is 24.9 Å². The summed E-state index contributed by atoms with van der Waals surface area (Å²) in [4.78, 5) is 14.8. The van der Waals surface area contributed by atoms with Gasteiger partial charge in [-0.2, -0.15) is 19.0 Å². The second kappa shape index (κ2) is 7.41. The summed E-state index contributed by atoms with van der Waals surface area (Å²) in [5, 5.41) is 11.0. The van der Waals surface area contributed by atoms with E-state index in [9.17, 15) is 13.6 Å². The van der Waals surface area contributed by atoms with Crippen LogP contribution in [0.5, 0.6) is 5.75 Å². The standard InChI is InChI=1S/C19H19F2N5O2/c1-25-10-14(8-23-25)13-5-6-26(11-13)18(27)16-9-22-24-17(16)12-3-2-4-15(7-12)28-19(20)21/h2-4,7-10,13,19H,5-6,11H2,1H3,(H,22,24). The number of alkyl halides is 2. The third-order valence-electron chi connectivity index (χ3n) is 4.89. The van der Waals surface area contributed by atoms with Crippen molar-refractivity contribution in [2.75, 3.05) is 13.1 Å². The van der Waals surface area contributed by atoms with Gasteiger partial charge in [-0.1, -0.05) is 12.1 Å². The first-order chi connectivity index (χ1) is 13.5. The minimum atomic E-state index is -2.91. The molecular formula is C19H19F2N5O2. The summed E-state index contributed by atoms with van der Waals surface area (Å²) in [6.45, 7) is -1.67. The SMILES string of the molecule is Cn1cc(C2CCN(C(=O)c3cn[nH]c3-c3cccc(OC(F)F)c3)C2)cn1. The molecule has 1 saturated heterocycles. The highest BCUT2D eigenvalue weighted by molar-refractivity contribution is 6.00. The van der Waals surface area contributed by atoms with Crippen LogP contribution in [-0.4, -0.2) is 50.5 Å². The van der Waals surface area contributed by atoms with Gasteiger partial charge in [0.25, 0.3) is 5.91 Å². The van der Waals surface area contributed by atoms with Gasteiger partial charge in [0.1, 0.15) is 5.75 Å². The number of aromatic nitrogens is 4. The number of hydrogen-bond donors (Lipinski definition) is 1. The Hall–Kier alpha value is -3.23. The first-order valence-corrected chi connectivity index (χ1v) is 8.87. The summed E-state index contributed by atoms with van der Waals surface area (Å²) in [7, 11) is 1.87. The molecule has 1 aliphatic heterocycles. The van der Waals surface area contributed by atoms with Crippen LogP contribution >= 0.6 is 0 Å². The molecule has 7 nitrogen and oxygen atoms in total. The van der Waals surface area contributed by atoms with Crippen molar-refractivity contribution in [3.05, 3.63) is 54.0 Å². The molecule has 4 rings (SSSR count). The number of aromatic amines is 1. The number of likely N-dealkylation sites (tertiary alicyclic amines) is 1. The van der Waals surface area contributed by atoms with Crippen LogP contribution < -0.4 is 4.74 Å². The van der Waals surface area contributed by atoms with Crippen LogP contribution in [-0.2, 0) is 7.05 Å². The molecule has 1 aromatic carbocycles. The quantitative estimate of drug-likeness (QED) is 0.730. The molecule has 0 bridgehead atoms. The number of carbonyl (C=O) groups excluding carboxylic acids is 1. The van der Waals surface area contributed by atoms with E-state index < -0.39 is 6.61 Å². The van der Waals surface area contributed by atoms with Gasteiger partial charge in [-0.05, 0) is 24.1 Å². The summed E-state index contributed by atoms with van der Waals surface area (Å²) < 4.78 is 31.2. The van der Waals surface area contributed by atoms with Crippen molar-refractivity contribution in [3.8, 4) is 17.0 Å². The number of aryl methyl sites for hydroxylation is 1. The molecule has 1 aliphatic rings. The number of nitrogens with one attached hydrogen (secondary N) is 1. The Morgan fingerprint density at radius 3 is 2.96 bits per heavy atom. The average Bonchev–Trinajstić information content (AvgIpc) is 3.41. The number of H-pyrrole nitrogens is 1. The van der Waals surface area contributed by atoms with Gasteiger partial charge in [-0.25, -0.2) is 0 Å². The van der Waals surface area contributed by atoms with E-state index in [2.05, 4.69) is 20.0 Å². The van der Waals surface area contributed by atoms with Crippen LogP contribution in [0.3, 0.4) is 0 Å². The molecule has 1 fully saturated rings. The number of rotatable bonds is 5. The maximum Gasteiger partial charge on any atom is 0.387 e. The van der Waals surface area contributed by atoms with Crippen molar-refractivity contribution in [1.29, 1.82) is 0 Å². The second-order valence-corrected chi connectivity index (χ2v) is 6.75. The molecular weight excluding hydrogens is 368 g/mol. The van der Waals surface area contributed by atoms with Crippen molar-refractivity contribution < 1.29 is 18.3 Å². The molecule has 28 heavy (non-hydrogen) atoms. The molecule has 1 amide bonds. The highest BCUT2D eigenvalue weighted by Crippen LogP contribution is 2.31. The monoisotopic (exact) mass is 387 g/mol. The molecule has 0 spiro atoms. The van der Waals surface area contributed by atoms with E-state index >= 15 is 0 Å². The van der Waals surface area contributed by atoms with Gasteiger partial charge in [0.05, 0.1) is 23.7 Å². The lowest BCUT2D eigenvalue weighted by Crippen LogP contribution is -2.28. The Labute approximate surface area is 159 Å². The summed E-state index contributed by atoms with van der Waals surface area (Å²) in [5.74, 6) is 0.129. The molecule has 3 aromatic rings. The minimum Gasteiger partial charge on any atom is -0.435 e. The number of halogens is 2. The van der Waals surface area contributed by atoms with Gasteiger partial charge in [0.15, 0.2) is 0 Å². The van der Waals surface area contributed by atoms with Crippen LogP contribution in [0.4, 0.5) is 8.78 Å². The smallest absolute Gasteiger partial charge is 0.387 e. The topological polar surface area (TPSA) is 76.0 Å². The van der Waals surface area contributed by atoms with E-state index in [1.807, 2.05) is 19.4 Å². The Morgan fingerprint density at radius 1 is 1.36 bits per heavy atom. The number of amides is 1. The molecule has 1 atom stereocenters. The van der Waals surface area contributed by atoms with Gasteiger partial charge in [-0.3, -0.25) is 14.6 Å². The van der Waals surface area contributed by atoms with Crippen molar-refractivity contribution in [2.24, 2.45) is 7.05 Å². The van der Waals surface area contributed by atoms with E-state index in [1.165, 1.54) is 18.3 Å². The fourth-order valence-corrected chi connectivity index (χ4v) is 3.53. The normalized spacial score (nSPS) is 16.7. The van der Waals surface area contributed by atoms with Crippen molar-refractivity contribution in [2.45, 2.75) is 19.0 Å². The molecule has 0 saturated carbocycles. The van der Waals surface area contributed by atoms with Crippen molar-refractivity contribution >= 4 is 5.91 Å².